The van der Waals surface area contributed by atoms with Gasteiger partial charge in [-0.3, -0.25) is 0 Å². The van der Waals surface area contributed by atoms with Crippen molar-refractivity contribution in [1.82, 2.24) is 4.90 Å². The Morgan fingerprint density at radius 3 is 2.93 bits per heavy atom. The SMILES string of the molecule is CC/C=C1\C2=CC=CC=CC2C(O)N1C. The van der Waals surface area contributed by atoms with Crippen LogP contribution in [0.25, 0.3) is 0 Å². The van der Waals surface area contributed by atoms with Gasteiger partial charge in [0.2, 0.25) is 0 Å². The summed E-state index contributed by atoms with van der Waals surface area (Å²) in [6.07, 6.45) is 12.9. The van der Waals surface area contributed by atoms with E-state index >= 15 is 0 Å². The number of hydrogen-bond acceptors (Lipinski definition) is 2. The van der Waals surface area contributed by atoms with Crippen LogP contribution in [0, 0.1) is 5.92 Å². The summed E-state index contributed by atoms with van der Waals surface area (Å²) in [4.78, 5) is 1.95. The molecule has 80 valence electrons. The van der Waals surface area contributed by atoms with Crippen LogP contribution < -0.4 is 0 Å². The van der Waals surface area contributed by atoms with Crippen LogP contribution in [0.5, 0.6) is 0 Å². The van der Waals surface area contributed by atoms with E-state index < -0.39 is 6.23 Å². The molecule has 1 saturated heterocycles. The highest BCUT2D eigenvalue weighted by molar-refractivity contribution is 5.44. The van der Waals surface area contributed by atoms with E-state index in [2.05, 4.69) is 25.2 Å². The van der Waals surface area contributed by atoms with Crippen molar-refractivity contribution in [2.24, 2.45) is 5.92 Å². The van der Waals surface area contributed by atoms with Crippen LogP contribution in [0.4, 0.5) is 0 Å². The molecular weight excluding hydrogens is 186 g/mol. The van der Waals surface area contributed by atoms with Gasteiger partial charge in [0.05, 0.1) is 0 Å². The molecule has 0 spiro atoms. The number of allylic oxidation sites excluding steroid dienone is 6. The number of rotatable bonds is 1. The van der Waals surface area contributed by atoms with Crippen molar-refractivity contribution in [2.45, 2.75) is 19.6 Å². The molecule has 2 aliphatic rings. The minimum atomic E-state index is -0.426. The van der Waals surface area contributed by atoms with Gasteiger partial charge in [0.25, 0.3) is 0 Å². The lowest BCUT2D eigenvalue weighted by molar-refractivity contribution is 0.0493. The Balaban J connectivity index is 2.43. The zero-order chi connectivity index (χ0) is 10.8. The second kappa shape index (κ2) is 4.07. The molecule has 15 heavy (non-hydrogen) atoms. The van der Waals surface area contributed by atoms with Gasteiger partial charge in [-0.15, -0.1) is 0 Å². The Bertz CT molecular complexity index is 363. The van der Waals surface area contributed by atoms with E-state index in [9.17, 15) is 5.11 Å². The number of fused-ring (bicyclic) bond motifs is 1. The first kappa shape index (κ1) is 10.2. The maximum atomic E-state index is 10.1. The first-order chi connectivity index (χ1) is 7.25. The van der Waals surface area contributed by atoms with Gasteiger partial charge < -0.3 is 10.0 Å². The molecule has 1 N–H and O–H groups in total. The fraction of sp³-hybridized carbons (Fsp3) is 0.385. The van der Waals surface area contributed by atoms with Crippen LogP contribution in [-0.4, -0.2) is 23.3 Å². The molecular formula is C13H17NO. The van der Waals surface area contributed by atoms with Crippen LogP contribution in [0.1, 0.15) is 13.3 Å². The number of hydrogen-bond donors (Lipinski definition) is 1. The third kappa shape index (κ3) is 1.65. The van der Waals surface area contributed by atoms with Crippen LogP contribution in [0.3, 0.4) is 0 Å². The molecule has 0 radical (unpaired) electrons. The van der Waals surface area contributed by atoms with Gasteiger partial charge in [0.15, 0.2) is 0 Å². The third-order valence-corrected chi connectivity index (χ3v) is 2.97. The van der Waals surface area contributed by atoms with E-state index in [1.165, 1.54) is 5.57 Å². The van der Waals surface area contributed by atoms with Crippen molar-refractivity contribution in [1.29, 1.82) is 0 Å². The van der Waals surface area contributed by atoms with Crippen LogP contribution in [0.2, 0.25) is 0 Å². The van der Waals surface area contributed by atoms with E-state index in [1.807, 2.05) is 30.2 Å². The predicted molar refractivity (Wildman–Crippen MR) is 62.0 cm³/mol. The first-order valence-corrected chi connectivity index (χ1v) is 5.42. The number of aliphatic hydroxyl groups excluding tert-OH is 1. The molecule has 1 heterocycles. The van der Waals surface area contributed by atoms with E-state index in [4.69, 9.17) is 0 Å². The summed E-state index contributed by atoms with van der Waals surface area (Å²) in [7, 11) is 1.94. The fourth-order valence-corrected chi connectivity index (χ4v) is 2.18. The quantitative estimate of drug-likeness (QED) is 0.706. The highest BCUT2D eigenvalue weighted by atomic mass is 16.3. The van der Waals surface area contributed by atoms with E-state index in [0.717, 1.165) is 12.1 Å². The summed E-state index contributed by atoms with van der Waals surface area (Å²) >= 11 is 0. The molecule has 2 rings (SSSR count). The van der Waals surface area contributed by atoms with Crippen molar-refractivity contribution < 1.29 is 5.11 Å². The topological polar surface area (TPSA) is 23.5 Å². The van der Waals surface area contributed by atoms with Gasteiger partial charge in [-0.2, -0.15) is 0 Å². The summed E-state index contributed by atoms with van der Waals surface area (Å²) in [6.45, 7) is 2.11. The number of aliphatic hydroxyl groups is 1. The number of nitrogens with zero attached hydrogens (tertiary/aromatic N) is 1. The summed E-state index contributed by atoms with van der Waals surface area (Å²) < 4.78 is 0. The molecule has 2 unspecified atom stereocenters. The Labute approximate surface area is 90.9 Å². The zero-order valence-corrected chi connectivity index (χ0v) is 9.22. The molecule has 0 saturated carbocycles. The minimum Gasteiger partial charge on any atom is -0.373 e. The van der Waals surface area contributed by atoms with Crippen molar-refractivity contribution in [3.63, 3.8) is 0 Å². The smallest absolute Gasteiger partial charge is 0.137 e. The zero-order valence-electron chi connectivity index (χ0n) is 9.22. The molecule has 1 aliphatic carbocycles. The molecule has 0 aromatic rings. The molecule has 2 atom stereocenters. The van der Waals surface area contributed by atoms with Crippen LogP contribution >= 0.6 is 0 Å². The van der Waals surface area contributed by atoms with Gasteiger partial charge in [0, 0.05) is 18.7 Å². The number of likely N-dealkylation sites (N-methyl/N-ethyl adjacent to an activating group) is 1. The van der Waals surface area contributed by atoms with E-state index in [-0.39, 0.29) is 5.92 Å². The molecule has 1 fully saturated rings. The average molecular weight is 203 g/mol. The molecule has 2 heteroatoms. The van der Waals surface area contributed by atoms with Crippen molar-refractivity contribution in [2.75, 3.05) is 7.05 Å². The predicted octanol–water partition coefficient (Wildman–Crippen LogP) is 2.21. The summed E-state index contributed by atoms with van der Waals surface area (Å²) in [5, 5.41) is 10.1. The summed E-state index contributed by atoms with van der Waals surface area (Å²) in [6, 6.07) is 0. The number of likely N-dealkylation sites (tertiary alicyclic amines) is 1. The van der Waals surface area contributed by atoms with Gasteiger partial charge in [-0.25, -0.2) is 0 Å². The van der Waals surface area contributed by atoms with E-state index in [0.29, 0.717) is 0 Å². The second-order valence-corrected chi connectivity index (χ2v) is 3.94. The highest BCUT2D eigenvalue weighted by Gasteiger charge is 2.35. The maximum Gasteiger partial charge on any atom is 0.137 e. The monoisotopic (exact) mass is 203 g/mol. The van der Waals surface area contributed by atoms with Gasteiger partial charge in [0.1, 0.15) is 6.23 Å². The standard InChI is InChI=1S/C13H17NO/c1-3-7-12-10-8-5-4-6-9-11(10)13(15)14(12)2/h4-9,11,13,15H,3H2,1-2H3/b12-7+. The second-order valence-electron chi connectivity index (χ2n) is 3.94. The van der Waals surface area contributed by atoms with E-state index in [1.54, 1.807) is 0 Å². The molecule has 2 nitrogen and oxygen atoms in total. The Hall–Kier alpha value is -1.28. The third-order valence-electron chi connectivity index (χ3n) is 2.97. The van der Waals surface area contributed by atoms with Crippen LogP contribution in [0.15, 0.2) is 47.7 Å². The Kier molecular flexibility index (Phi) is 2.78. The lowest BCUT2D eigenvalue weighted by atomic mass is 9.99. The molecule has 0 aromatic carbocycles. The van der Waals surface area contributed by atoms with Crippen LogP contribution in [-0.2, 0) is 0 Å². The largest absolute Gasteiger partial charge is 0.373 e. The normalized spacial score (nSPS) is 31.8. The summed E-state index contributed by atoms with van der Waals surface area (Å²) in [5.74, 6) is 0.114. The van der Waals surface area contributed by atoms with Crippen molar-refractivity contribution >= 4 is 0 Å². The summed E-state index contributed by atoms with van der Waals surface area (Å²) in [5.41, 5.74) is 2.38. The molecule has 0 bridgehead atoms. The van der Waals surface area contributed by atoms with Gasteiger partial charge in [-0.05, 0) is 12.0 Å². The van der Waals surface area contributed by atoms with Gasteiger partial charge in [-0.1, -0.05) is 43.4 Å². The van der Waals surface area contributed by atoms with Crippen molar-refractivity contribution in [3.05, 3.63) is 47.7 Å². The molecule has 1 aliphatic heterocycles. The first-order valence-electron chi connectivity index (χ1n) is 5.42. The Morgan fingerprint density at radius 1 is 1.40 bits per heavy atom. The average Bonchev–Trinajstić information content (AvgIpc) is 2.47. The fourth-order valence-electron chi connectivity index (χ4n) is 2.18. The maximum absolute atomic E-state index is 10.1. The minimum absolute atomic E-state index is 0.114. The lowest BCUT2D eigenvalue weighted by Gasteiger charge is -2.18. The molecule has 0 aromatic heterocycles. The highest BCUT2D eigenvalue weighted by Crippen LogP contribution is 2.37. The lowest BCUT2D eigenvalue weighted by Crippen LogP contribution is -2.27. The molecule has 0 amide bonds. The Morgan fingerprint density at radius 2 is 2.20 bits per heavy atom. The van der Waals surface area contributed by atoms with Crippen molar-refractivity contribution in [3.8, 4) is 0 Å². The van der Waals surface area contributed by atoms with Gasteiger partial charge >= 0.3 is 0 Å².